The minimum atomic E-state index is -0.175. The molecule has 2 N–H and O–H groups in total. The van der Waals surface area contributed by atoms with Crippen molar-refractivity contribution in [3.63, 3.8) is 0 Å². The zero-order valence-electron chi connectivity index (χ0n) is 13.8. The van der Waals surface area contributed by atoms with Crippen molar-refractivity contribution in [1.29, 1.82) is 0 Å². The van der Waals surface area contributed by atoms with Gasteiger partial charge in [0.25, 0.3) is 0 Å². The number of aromatic nitrogens is 2. The lowest BCUT2D eigenvalue weighted by atomic mass is 10.1. The van der Waals surface area contributed by atoms with E-state index in [9.17, 15) is 4.79 Å². The number of carbonyl (C=O) groups excluding carboxylic acids is 1. The molecule has 0 radical (unpaired) electrons. The zero-order valence-corrected chi connectivity index (χ0v) is 14.5. The Balaban J connectivity index is 1.71. The molecule has 0 aliphatic carbocycles. The van der Waals surface area contributed by atoms with E-state index in [-0.39, 0.29) is 12.1 Å². The molecule has 1 aromatic carbocycles. The fourth-order valence-electron chi connectivity index (χ4n) is 2.44. The van der Waals surface area contributed by atoms with Crippen LogP contribution in [-0.4, -0.2) is 22.4 Å². The number of hydrogen-bond donors (Lipinski definition) is 2. The Morgan fingerprint density at radius 1 is 1.35 bits per heavy atom. The Labute approximate surface area is 142 Å². The van der Waals surface area contributed by atoms with E-state index < -0.39 is 0 Å². The highest BCUT2D eigenvalue weighted by Crippen LogP contribution is 2.17. The van der Waals surface area contributed by atoms with E-state index in [0.29, 0.717) is 11.6 Å². The van der Waals surface area contributed by atoms with Crippen molar-refractivity contribution in [2.24, 2.45) is 0 Å². The largest absolute Gasteiger partial charge is 0.338 e. The predicted octanol–water partition coefficient (Wildman–Crippen LogP) is 3.60. The second-order valence-corrected chi connectivity index (χ2v) is 6.12. The van der Waals surface area contributed by atoms with Gasteiger partial charge in [0.05, 0.1) is 11.7 Å². The van der Waals surface area contributed by atoms with Gasteiger partial charge in [-0.25, -0.2) is 4.79 Å². The molecule has 0 spiro atoms. The predicted molar refractivity (Wildman–Crippen MR) is 92.7 cm³/mol. The molecular formula is C17H23ClN4O. The van der Waals surface area contributed by atoms with Gasteiger partial charge in [0.2, 0.25) is 0 Å². The van der Waals surface area contributed by atoms with Crippen LogP contribution < -0.4 is 10.6 Å². The molecule has 6 heteroatoms. The molecule has 1 heterocycles. The molecule has 1 aromatic heterocycles. The van der Waals surface area contributed by atoms with Gasteiger partial charge in [-0.05, 0) is 51.0 Å². The highest BCUT2D eigenvalue weighted by molar-refractivity contribution is 6.30. The molecule has 2 rings (SSSR count). The molecule has 0 saturated carbocycles. The quantitative estimate of drug-likeness (QED) is 0.793. The van der Waals surface area contributed by atoms with Crippen LogP contribution in [0.1, 0.15) is 36.3 Å². The van der Waals surface area contributed by atoms with Gasteiger partial charge < -0.3 is 10.6 Å². The molecule has 0 saturated heterocycles. The summed E-state index contributed by atoms with van der Waals surface area (Å²) in [4.78, 5) is 11.9. The third-order valence-corrected chi connectivity index (χ3v) is 3.87. The molecule has 0 aliphatic heterocycles. The maximum absolute atomic E-state index is 11.9. The van der Waals surface area contributed by atoms with Crippen molar-refractivity contribution in [2.45, 2.75) is 39.8 Å². The van der Waals surface area contributed by atoms with Crippen molar-refractivity contribution in [1.82, 2.24) is 20.4 Å². The Hall–Kier alpha value is -2.01. The van der Waals surface area contributed by atoms with Gasteiger partial charge in [0, 0.05) is 23.8 Å². The molecule has 0 bridgehead atoms. The number of urea groups is 1. The van der Waals surface area contributed by atoms with Crippen molar-refractivity contribution in [3.05, 3.63) is 52.3 Å². The van der Waals surface area contributed by atoms with E-state index in [1.54, 1.807) is 0 Å². The first kappa shape index (κ1) is 17.3. The van der Waals surface area contributed by atoms with E-state index in [2.05, 4.69) is 15.7 Å². The van der Waals surface area contributed by atoms with Gasteiger partial charge in [-0.1, -0.05) is 23.7 Å². The van der Waals surface area contributed by atoms with E-state index in [4.69, 9.17) is 11.6 Å². The summed E-state index contributed by atoms with van der Waals surface area (Å²) in [6.45, 7) is 7.34. The lowest BCUT2D eigenvalue weighted by molar-refractivity contribution is 0.237. The normalized spacial score (nSPS) is 12.0. The van der Waals surface area contributed by atoms with Crippen LogP contribution in [0.2, 0.25) is 5.02 Å². The number of hydrogen-bond acceptors (Lipinski definition) is 2. The fourth-order valence-corrected chi connectivity index (χ4v) is 2.64. The third kappa shape index (κ3) is 5.28. The van der Waals surface area contributed by atoms with Crippen molar-refractivity contribution in [3.8, 4) is 0 Å². The van der Waals surface area contributed by atoms with Gasteiger partial charge in [-0.15, -0.1) is 0 Å². The summed E-state index contributed by atoms with van der Waals surface area (Å²) in [5.74, 6) is 0. The average molecular weight is 335 g/mol. The summed E-state index contributed by atoms with van der Waals surface area (Å²) < 4.78 is 1.96. The molecule has 0 aliphatic rings. The lowest BCUT2D eigenvalue weighted by Gasteiger charge is -2.15. The molecular weight excluding hydrogens is 312 g/mol. The highest BCUT2D eigenvalue weighted by Gasteiger charge is 2.09. The molecule has 5 nitrogen and oxygen atoms in total. The zero-order chi connectivity index (χ0) is 16.8. The van der Waals surface area contributed by atoms with Crippen LogP contribution in [-0.2, 0) is 6.54 Å². The smallest absolute Gasteiger partial charge is 0.315 e. The topological polar surface area (TPSA) is 59.0 Å². The summed E-state index contributed by atoms with van der Waals surface area (Å²) in [5, 5.41) is 10.8. The van der Waals surface area contributed by atoms with Crippen LogP contribution in [0.25, 0.3) is 0 Å². The van der Waals surface area contributed by atoms with Crippen LogP contribution in [0.3, 0.4) is 0 Å². The molecule has 1 atom stereocenters. The minimum absolute atomic E-state index is 0.0929. The summed E-state index contributed by atoms with van der Waals surface area (Å²) in [5.41, 5.74) is 3.14. The highest BCUT2D eigenvalue weighted by atomic mass is 35.5. The van der Waals surface area contributed by atoms with Crippen LogP contribution in [0.15, 0.2) is 30.3 Å². The van der Waals surface area contributed by atoms with Gasteiger partial charge in [0.15, 0.2) is 0 Å². The first-order valence-electron chi connectivity index (χ1n) is 7.76. The summed E-state index contributed by atoms with van der Waals surface area (Å²) in [6.07, 6.45) is 0.834. The Kier molecular flexibility index (Phi) is 6.04. The Morgan fingerprint density at radius 3 is 2.78 bits per heavy atom. The minimum Gasteiger partial charge on any atom is -0.338 e. The Morgan fingerprint density at radius 2 is 2.13 bits per heavy atom. The molecule has 2 aromatic rings. The van der Waals surface area contributed by atoms with Crippen LogP contribution in [0, 0.1) is 13.8 Å². The molecule has 0 fully saturated rings. The molecule has 23 heavy (non-hydrogen) atoms. The van der Waals surface area contributed by atoms with Gasteiger partial charge in [-0.2, -0.15) is 5.10 Å². The standard InChI is InChI=1S/C17H23ClN4O/c1-12-10-13(2)22(21-12)9-5-8-19-17(23)20-14(3)15-6-4-7-16(18)11-15/h4,6-7,10-11,14H,5,8-9H2,1-3H3,(H2,19,20,23). The van der Waals surface area contributed by atoms with E-state index in [0.717, 1.165) is 29.9 Å². The van der Waals surface area contributed by atoms with Crippen molar-refractivity contribution >= 4 is 17.6 Å². The molecule has 2 amide bonds. The Bertz CT molecular complexity index is 668. The second-order valence-electron chi connectivity index (χ2n) is 5.68. The van der Waals surface area contributed by atoms with Crippen LogP contribution in [0.5, 0.6) is 0 Å². The van der Waals surface area contributed by atoms with E-state index >= 15 is 0 Å². The van der Waals surface area contributed by atoms with Gasteiger partial charge in [0.1, 0.15) is 0 Å². The first-order valence-corrected chi connectivity index (χ1v) is 8.14. The SMILES string of the molecule is Cc1cc(C)n(CCCNC(=O)NC(C)c2cccc(Cl)c2)n1. The van der Waals surface area contributed by atoms with Gasteiger partial charge >= 0.3 is 6.03 Å². The summed E-state index contributed by atoms with van der Waals surface area (Å²) in [7, 11) is 0. The summed E-state index contributed by atoms with van der Waals surface area (Å²) >= 11 is 5.96. The number of nitrogens with zero attached hydrogens (tertiary/aromatic N) is 2. The number of benzene rings is 1. The number of carbonyl (C=O) groups is 1. The maximum Gasteiger partial charge on any atom is 0.315 e. The average Bonchev–Trinajstić information content (AvgIpc) is 2.81. The number of amides is 2. The van der Waals surface area contributed by atoms with Crippen LogP contribution >= 0.6 is 11.6 Å². The van der Waals surface area contributed by atoms with Crippen molar-refractivity contribution < 1.29 is 4.79 Å². The van der Waals surface area contributed by atoms with Crippen molar-refractivity contribution in [2.75, 3.05) is 6.54 Å². The van der Waals surface area contributed by atoms with E-state index in [1.807, 2.05) is 55.8 Å². The van der Waals surface area contributed by atoms with Crippen LogP contribution in [0.4, 0.5) is 4.79 Å². The number of nitrogens with one attached hydrogen (secondary N) is 2. The maximum atomic E-state index is 11.9. The lowest BCUT2D eigenvalue weighted by Crippen LogP contribution is -2.37. The molecule has 124 valence electrons. The first-order chi connectivity index (χ1) is 11.0. The molecule has 1 unspecified atom stereocenters. The third-order valence-electron chi connectivity index (χ3n) is 3.63. The fraction of sp³-hybridized carbons (Fsp3) is 0.412. The number of halogens is 1. The number of aryl methyl sites for hydroxylation is 3. The number of rotatable bonds is 6. The second kappa shape index (κ2) is 8.02. The summed E-state index contributed by atoms with van der Waals surface area (Å²) in [6, 6.07) is 9.27. The van der Waals surface area contributed by atoms with E-state index in [1.165, 1.54) is 0 Å². The monoisotopic (exact) mass is 334 g/mol. The van der Waals surface area contributed by atoms with Gasteiger partial charge in [-0.3, -0.25) is 4.68 Å².